The van der Waals surface area contributed by atoms with Gasteiger partial charge in [0.2, 0.25) is 0 Å². The largest absolute Gasteiger partial charge is 0.396 e. The number of nitrogens with zero attached hydrogens (tertiary/aromatic N) is 1. The lowest BCUT2D eigenvalue weighted by Crippen LogP contribution is -2.35. The molecule has 2 N–H and O–H groups in total. The molecule has 3 heteroatoms. The monoisotopic (exact) mass is 157 g/mol. The van der Waals surface area contributed by atoms with Crippen LogP contribution in [0.3, 0.4) is 0 Å². The van der Waals surface area contributed by atoms with E-state index < -0.39 is 0 Å². The minimum Gasteiger partial charge on any atom is -0.396 e. The number of aliphatic hydroxyl groups excluding tert-OH is 2. The van der Waals surface area contributed by atoms with Gasteiger partial charge in [-0.15, -0.1) is 0 Å². The van der Waals surface area contributed by atoms with Crippen molar-refractivity contribution in [2.75, 3.05) is 19.7 Å². The molecule has 0 radical (unpaired) electrons. The predicted molar refractivity (Wildman–Crippen MR) is 41.2 cm³/mol. The van der Waals surface area contributed by atoms with E-state index in [2.05, 4.69) is 4.90 Å². The SMILES string of the molecule is OC[C@@H]1CCN2CC[C@H](O)[C@H]12. The summed E-state index contributed by atoms with van der Waals surface area (Å²) in [4.78, 5) is 2.30. The van der Waals surface area contributed by atoms with E-state index in [9.17, 15) is 5.11 Å². The molecule has 11 heavy (non-hydrogen) atoms. The summed E-state index contributed by atoms with van der Waals surface area (Å²) in [5.74, 6) is 0.326. The highest BCUT2D eigenvalue weighted by Crippen LogP contribution is 2.32. The van der Waals surface area contributed by atoms with E-state index in [1.165, 1.54) is 0 Å². The lowest BCUT2D eigenvalue weighted by molar-refractivity contribution is 0.0902. The van der Waals surface area contributed by atoms with Crippen LogP contribution in [0.5, 0.6) is 0 Å². The van der Waals surface area contributed by atoms with E-state index in [0.717, 1.165) is 25.9 Å². The number of aliphatic hydroxyl groups is 2. The number of fused-ring (bicyclic) bond motifs is 1. The minimum absolute atomic E-state index is 0.186. The molecule has 0 amide bonds. The van der Waals surface area contributed by atoms with Crippen LogP contribution in [0.1, 0.15) is 12.8 Å². The Hall–Kier alpha value is -0.120. The standard InChI is InChI=1S/C8H15NO2/c10-5-6-1-3-9-4-2-7(11)8(6)9/h6-8,10-11H,1-5H2/t6-,7-,8-/m0/s1. The molecule has 2 heterocycles. The van der Waals surface area contributed by atoms with E-state index in [1.807, 2.05) is 0 Å². The maximum atomic E-state index is 9.55. The first-order valence-electron chi connectivity index (χ1n) is 4.36. The van der Waals surface area contributed by atoms with Crippen LogP contribution in [0.25, 0.3) is 0 Å². The van der Waals surface area contributed by atoms with Gasteiger partial charge in [0.25, 0.3) is 0 Å². The number of hydrogen-bond donors (Lipinski definition) is 2. The lowest BCUT2D eigenvalue weighted by atomic mass is 9.97. The van der Waals surface area contributed by atoms with Crippen molar-refractivity contribution >= 4 is 0 Å². The zero-order chi connectivity index (χ0) is 7.84. The third kappa shape index (κ3) is 1.08. The molecular formula is C8H15NO2. The molecule has 2 fully saturated rings. The summed E-state index contributed by atoms with van der Waals surface area (Å²) in [5, 5.41) is 18.5. The van der Waals surface area contributed by atoms with Crippen molar-refractivity contribution < 1.29 is 10.2 Å². The predicted octanol–water partition coefficient (Wildman–Crippen LogP) is -0.566. The van der Waals surface area contributed by atoms with Gasteiger partial charge in [-0.25, -0.2) is 0 Å². The highest BCUT2D eigenvalue weighted by atomic mass is 16.3. The van der Waals surface area contributed by atoms with Crippen LogP contribution >= 0.6 is 0 Å². The second kappa shape index (κ2) is 2.73. The van der Waals surface area contributed by atoms with Crippen molar-refractivity contribution in [1.82, 2.24) is 4.90 Å². The molecular weight excluding hydrogens is 142 g/mol. The first-order valence-corrected chi connectivity index (χ1v) is 4.36. The van der Waals surface area contributed by atoms with Gasteiger partial charge in [0.1, 0.15) is 0 Å². The highest BCUT2D eigenvalue weighted by molar-refractivity contribution is 4.96. The Morgan fingerprint density at radius 1 is 1.27 bits per heavy atom. The molecule has 0 saturated carbocycles. The van der Waals surface area contributed by atoms with Gasteiger partial charge >= 0.3 is 0 Å². The number of hydrogen-bond acceptors (Lipinski definition) is 3. The van der Waals surface area contributed by atoms with Gasteiger partial charge in [-0.2, -0.15) is 0 Å². The van der Waals surface area contributed by atoms with Gasteiger partial charge in [-0.1, -0.05) is 0 Å². The molecule has 0 bridgehead atoms. The van der Waals surface area contributed by atoms with Crippen LogP contribution in [-0.2, 0) is 0 Å². The quantitative estimate of drug-likeness (QED) is 0.536. The molecule has 3 nitrogen and oxygen atoms in total. The van der Waals surface area contributed by atoms with Crippen molar-refractivity contribution in [2.24, 2.45) is 5.92 Å². The Morgan fingerprint density at radius 2 is 2.00 bits per heavy atom. The van der Waals surface area contributed by atoms with Gasteiger partial charge in [-0.3, -0.25) is 4.90 Å². The van der Waals surface area contributed by atoms with Gasteiger partial charge < -0.3 is 10.2 Å². The zero-order valence-electron chi connectivity index (χ0n) is 6.61. The smallest absolute Gasteiger partial charge is 0.0711 e. The molecule has 0 aromatic heterocycles. The molecule has 0 unspecified atom stereocenters. The minimum atomic E-state index is -0.186. The fraction of sp³-hybridized carbons (Fsp3) is 1.00. The fourth-order valence-electron chi connectivity index (χ4n) is 2.44. The van der Waals surface area contributed by atoms with E-state index >= 15 is 0 Å². The summed E-state index contributed by atoms with van der Waals surface area (Å²) in [7, 11) is 0. The first-order chi connectivity index (χ1) is 5.33. The topological polar surface area (TPSA) is 43.7 Å². The van der Waals surface area contributed by atoms with E-state index in [-0.39, 0.29) is 18.8 Å². The normalized spacial score (nSPS) is 44.7. The first kappa shape index (κ1) is 7.53. The molecule has 64 valence electrons. The third-order valence-electron chi connectivity index (χ3n) is 3.03. The lowest BCUT2D eigenvalue weighted by Gasteiger charge is -2.21. The third-order valence-corrected chi connectivity index (χ3v) is 3.03. The molecule has 0 aromatic carbocycles. The van der Waals surface area contributed by atoms with Crippen molar-refractivity contribution in [3.63, 3.8) is 0 Å². The highest BCUT2D eigenvalue weighted by Gasteiger charge is 2.42. The number of rotatable bonds is 1. The van der Waals surface area contributed by atoms with Crippen molar-refractivity contribution in [1.29, 1.82) is 0 Å². The van der Waals surface area contributed by atoms with Crippen LogP contribution in [0, 0.1) is 5.92 Å². The van der Waals surface area contributed by atoms with Crippen LogP contribution in [-0.4, -0.2) is 47.0 Å². The molecule has 3 atom stereocenters. The van der Waals surface area contributed by atoms with Crippen molar-refractivity contribution in [2.45, 2.75) is 25.0 Å². The summed E-state index contributed by atoms with van der Waals surface area (Å²) in [6.07, 6.45) is 1.76. The van der Waals surface area contributed by atoms with Gasteiger partial charge in [0.05, 0.1) is 6.10 Å². The fourth-order valence-corrected chi connectivity index (χ4v) is 2.44. The van der Waals surface area contributed by atoms with Crippen LogP contribution in [0.2, 0.25) is 0 Å². The zero-order valence-corrected chi connectivity index (χ0v) is 6.61. The molecule has 0 aromatic rings. The van der Waals surface area contributed by atoms with Gasteiger partial charge in [0, 0.05) is 25.1 Å². The molecule has 2 saturated heterocycles. The second-order valence-corrected chi connectivity index (χ2v) is 3.61. The second-order valence-electron chi connectivity index (χ2n) is 3.61. The van der Waals surface area contributed by atoms with E-state index in [4.69, 9.17) is 5.11 Å². The Kier molecular flexibility index (Phi) is 1.87. The van der Waals surface area contributed by atoms with Gasteiger partial charge in [-0.05, 0) is 19.4 Å². The van der Waals surface area contributed by atoms with E-state index in [1.54, 1.807) is 0 Å². The van der Waals surface area contributed by atoms with Crippen LogP contribution in [0.15, 0.2) is 0 Å². The maximum Gasteiger partial charge on any atom is 0.0711 e. The molecule has 2 rings (SSSR count). The molecule has 0 spiro atoms. The Bertz CT molecular complexity index is 151. The summed E-state index contributed by atoms with van der Waals surface area (Å²) < 4.78 is 0. The Labute approximate surface area is 66.6 Å². The van der Waals surface area contributed by atoms with Gasteiger partial charge in [0.15, 0.2) is 0 Å². The van der Waals surface area contributed by atoms with Crippen LogP contribution < -0.4 is 0 Å². The van der Waals surface area contributed by atoms with Crippen molar-refractivity contribution in [3.8, 4) is 0 Å². The average Bonchev–Trinajstić information content (AvgIpc) is 2.54. The molecule has 0 aliphatic carbocycles. The summed E-state index contributed by atoms with van der Waals surface area (Å²) in [6.45, 7) is 2.31. The molecule has 2 aliphatic heterocycles. The van der Waals surface area contributed by atoms with Crippen molar-refractivity contribution in [3.05, 3.63) is 0 Å². The maximum absolute atomic E-state index is 9.55. The summed E-state index contributed by atoms with van der Waals surface area (Å²) in [6, 6.07) is 0.264. The average molecular weight is 157 g/mol. The molecule has 2 aliphatic rings. The summed E-state index contributed by atoms with van der Waals surface area (Å²) >= 11 is 0. The van der Waals surface area contributed by atoms with E-state index in [0.29, 0.717) is 5.92 Å². The summed E-state index contributed by atoms with van der Waals surface area (Å²) in [5.41, 5.74) is 0. The Balaban J connectivity index is 2.07. The Morgan fingerprint density at radius 3 is 2.73 bits per heavy atom. The van der Waals surface area contributed by atoms with Crippen LogP contribution in [0.4, 0.5) is 0 Å².